The summed E-state index contributed by atoms with van der Waals surface area (Å²) in [6, 6.07) is 11.9. The van der Waals surface area contributed by atoms with E-state index in [-0.39, 0.29) is 6.04 Å². The number of benzene rings is 1. The van der Waals surface area contributed by atoms with Crippen LogP contribution in [0.4, 0.5) is 13.2 Å². The van der Waals surface area contributed by atoms with Gasteiger partial charge in [0.05, 0.1) is 6.54 Å². The summed E-state index contributed by atoms with van der Waals surface area (Å²) in [5, 5.41) is 4.08. The maximum absolute atomic E-state index is 12.4. The molecule has 1 aliphatic heterocycles. The maximum atomic E-state index is 12.4. The van der Waals surface area contributed by atoms with Crippen molar-refractivity contribution in [1.29, 1.82) is 0 Å². The lowest BCUT2D eigenvalue weighted by atomic mass is 10.2. The molecule has 2 nitrogen and oxygen atoms in total. The molecule has 0 radical (unpaired) electrons. The molecule has 0 spiro atoms. The monoisotopic (exact) mass is 374 g/mol. The van der Waals surface area contributed by atoms with E-state index in [1.807, 2.05) is 36.4 Å². The van der Waals surface area contributed by atoms with Crippen molar-refractivity contribution in [2.24, 2.45) is 0 Å². The zero-order valence-electron chi connectivity index (χ0n) is 12.9. The van der Waals surface area contributed by atoms with Gasteiger partial charge in [-0.05, 0) is 24.6 Å². The molecule has 0 unspecified atom stereocenters. The van der Waals surface area contributed by atoms with Crippen molar-refractivity contribution in [2.75, 3.05) is 19.6 Å². The molecule has 24 heavy (non-hydrogen) atoms. The van der Waals surface area contributed by atoms with Crippen LogP contribution in [0.1, 0.15) is 11.3 Å². The second kappa shape index (κ2) is 7.44. The summed E-state index contributed by atoms with van der Waals surface area (Å²) in [4.78, 5) is 3.71. The Morgan fingerprint density at radius 3 is 2.75 bits per heavy atom. The average molecular weight is 375 g/mol. The molecule has 0 amide bonds. The van der Waals surface area contributed by atoms with Gasteiger partial charge in [0.1, 0.15) is 0 Å². The highest BCUT2D eigenvalue weighted by molar-refractivity contribution is 7.15. The van der Waals surface area contributed by atoms with E-state index in [0.29, 0.717) is 19.6 Å². The van der Waals surface area contributed by atoms with Crippen LogP contribution >= 0.6 is 22.9 Å². The Balaban J connectivity index is 1.53. The summed E-state index contributed by atoms with van der Waals surface area (Å²) < 4.78 is 37.2. The third-order valence-electron chi connectivity index (χ3n) is 4.04. The largest absolute Gasteiger partial charge is 0.401 e. The summed E-state index contributed by atoms with van der Waals surface area (Å²) in [7, 11) is 0. The first kappa shape index (κ1) is 17.7. The molecule has 1 aliphatic rings. The first-order chi connectivity index (χ1) is 11.4. The molecule has 1 saturated heterocycles. The lowest BCUT2D eigenvalue weighted by Gasteiger charge is -2.18. The SMILES string of the molecule is FC(F)(F)CN1CC[C@@H](NCc2ccc(-c3ccccc3Cl)s2)C1. The van der Waals surface area contributed by atoms with E-state index in [9.17, 15) is 13.2 Å². The van der Waals surface area contributed by atoms with E-state index >= 15 is 0 Å². The van der Waals surface area contributed by atoms with E-state index in [2.05, 4.69) is 5.32 Å². The van der Waals surface area contributed by atoms with Gasteiger partial charge in [0.15, 0.2) is 0 Å². The van der Waals surface area contributed by atoms with Crippen molar-refractivity contribution in [3.63, 3.8) is 0 Å². The molecule has 130 valence electrons. The lowest BCUT2D eigenvalue weighted by molar-refractivity contribution is -0.143. The second-order valence-corrected chi connectivity index (χ2v) is 7.54. The summed E-state index contributed by atoms with van der Waals surface area (Å²) >= 11 is 7.86. The summed E-state index contributed by atoms with van der Waals surface area (Å²) in [5.41, 5.74) is 1.01. The molecule has 2 aromatic rings. The molecule has 1 aromatic heterocycles. The van der Waals surface area contributed by atoms with Crippen molar-refractivity contribution < 1.29 is 13.2 Å². The van der Waals surface area contributed by atoms with Gasteiger partial charge in [0, 0.05) is 46.0 Å². The fraction of sp³-hybridized carbons (Fsp3) is 0.412. The minimum absolute atomic E-state index is 0.109. The number of alkyl halides is 3. The van der Waals surface area contributed by atoms with Crippen LogP contribution in [0.5, 0.6) is 0 Å². The number of nitrogens with zero attached hydrogens (tertiary/aromatic N) is 1. The number of hydrogen-bond donors (Lipinski definition) is 1. The van der Waals surface area contributed by atoms with Crippen LogP contribution in [0, 0.1) is 0 Å². The number of nitrogens with one attached hydrogen (secondary N) is 1. The van der Waals surface area contributed by atoms with E-state index < -0.39 is 12.7 Å². The fourth-order valence-electron chi connectivity index (χ4n) is 2.92. The Morgan fingerprint density at radius 2 is 2.00 bits per heavy atom. The number of likely N-dealkylation sites (tertiary alicyclic amines) is 1. The van der Waals surface area contributed by atoms with Crippen molar-refractivity contribution in [3.8, 4) is 10.4 Å². The highest BCUT2D eigenvalue weighted by atomic mass is 35.5. The maximum Gasteiger partial charge on any atom is 0.401 e. The van der Waals surface area contributed by atoms with Gasteiger partial charge in [-0.25, -0.2) is 0 Å². The Morgan fingerprint density at radius 1 is 1.21 bits per heavy atom. The van der Waals surface area contributed by atoms with Gasteiger partial charge in [-0.1, -0.05) is 29.8 Å². The minimum atomic E-state index is -4.12. The van der Waals surface area contributed by atoms with E-state index in [4.69, 9.17) is 11.6 Å². The quantitative estimate of drug-likeness (QED) is 0.809. The van der Waals surface area contributed by atoms with Crippen LogP contribution in [0.25, 0.3) is 10.4 Å². The normalized spacial score (nSPS) is 19.1. The van der Waals surface area contributed by atoms with E-state index in [0.717, 1.165) is 26.8 Å². The van der Waals surface area contributed by atoms with Crippen LogP contribution in [0.15, 0.2) is 36.4 Å². The molecule has 3 rings (SSSR count). The predicted octanol–water partition coefficient (Wildman–Crippen LogP) is 4.79. The number of rotatable bonds is 5. The summed E-state index contributed by atoms with van der Waals surface area (Å²) in [5.74, 6) is 0. The van der Waals surface area contributed by atoms with Crippen molar-refractivity contribution in [2.45, 2.75) is 25.2 Å². The molecule has 1 fully saturated rings. The Kier molecular flexibility index (Phi) is 5.49. The number of thiophene rings is 1. The molecule has 1 atom stereocenters. The Labute approximate surface area is 148 Å². The molecular weight excluding hydrogens is 357 g/mol. The zero-order chi connectivity index (χ0) is 17.2. The molecule has 0 saturated carbocycles. The fourth-order valence-corrected chi connectivity index (χ4v) is 4.21. The number of hydrogen-bond acceptors (Lipinski definition) is 3. The smallest absolute Gasteiger partial charge is 0.308 e. The first-order valence-corrected chi connectivity index (χ1v) is 8.96. The van der Waals surface area contributed by atoms with Crippen molar-refractivity contribution in [1.82, 2.24) is 10.2 Å². The average Bonchev–Trinajstić information content (AvgIpc) is 3.13. The highest BCUT2D eigenvalue weighted by Crippen LogP contribution is 2.33. The molecular formula is C17H18ClF3N2S. The molecule has 1 N–H and O–H groups in total. The lowest BCUT2D eigenvalue weighted by Crippen LogP contribution is -2.36. The van der Waals surface area contributed by atoms with Crippen LogP contribution in [0.2, 0.25) is 5.02 Å². The third kappa shape index (κ3) is 4.72. The highest BCUT2D eigenvalue weighted by Gasteiger charge is 2.34. The van der Waals surface area contributed by atoms with Gasteiger partial charge in [0.2, 0.25) is 0 Å². The van der Waals surface area contributed by atoms with Crippen molar-refractivity contribution >= 4 is 22.9 Å². The van der Waals surface area contributed by atoms with E-state index in [1.54, 1.807) is 11.3 Å². The molecule has 7 heteroatoms. The van der Waals surface area contributed by atoms with Crippen LogP contribution in [0.3, 0.4) is 0 Å². The Hall–Kier alpha value is -1.08. The van der Waals surface area contributed by atoms with Gasteiger partial charge in [-0.3, -0.25) is 4.90 Å². The summed E-state index contributed by atoms with van der Waals surface area (Å²) in [6.07, 6.45) is -3.37. The van der Waals surface area contributed by atoms with E-state index in [1.165, 1.54) is 4.90 Å². The van der Waals surface area contributed by atoms with Gasteiger partial charge < -0.3 is 5.32 Å². The Bertz CT molecular complexity index is 686. The van der Waals surface area contributed by atoms with Gasteiger partial charge in [0.25, 0.3) is 0 Å². The molecule has 2 heterocycles. The topological polar surface area (TPSA) is 15.3 Å². The predicted molar refractivity (Wildman–Crippen MR) is 92.5 cm³/mol. The van der Waals surface area contributed by atoms with Gasteiger partial charge >= 0.3 is 6.18 Å². The molecule has 0 bridgehead atoms. The first-order valence-electron chi connectivity index (χ1n) is 7.77. The zero-order valence-corrected chi connectivity index (χ0v) is 14.5. The van der Waals surface area contributed by atoms with Gasteiger partial charge in [-0.2, -0.15) is 13.2 Å². The van der Waals surface area contributed by atoms with Crippen molar-refractivity contribution in [3.05, 3.63) is 46.3 Å². The molecule has 1 aromatic carbocycles. The number of halogens is 4. The van der Waals surface area contributed by atoms with Crippen LogP contribution in [-0.4, -0.2) is 36.8 Å². The van der Waals surface area contributed by atoms with Gasteiger partial charge in [-0.15, -0.1) is 11.3 Å². The minimum Gasteiger partial charge on any atom is -0.308 e. The second-order valence-electron chi connectivity index (χ2n) is 5.96. The van der Waals surface area contributed by atoms with Crippen LogP contribution in [-0.2, 0) is 6.54 Å². The summed E-state index contributed by atoms with van der Waals surface area (Å²) in [6.45, 7) is 0.787. The van der Waals surface area contributed by atoms with Crippen LogP contribution < -0.4 is 5.32 Å². The standard InChI is InChI=1S/C17H18ClF3N2S/c18-15-4-2-1-3-14(15)16-6-5-13(24-16)9-22-12-7-8-23(10-12)11-17(19,20)21/h1-6,12,22H,7-11H2/t12-/m1/s1. The molecule has 0 aliphatic carbocycles. The third-order valence-corrected chi connectivity index (χ3v) is 5.49.